The number of nitrogens with one attached hydrogen (secondary N) is 3. The number of anilines is 1. The summed E-state index contributed by atoms with van der Waals surface area (Å²) in [5.74, 6) is -1.57. The first kappa shape index (κ1) is 20.3. The Morgan fingerprint density at radius 3 is 2.42 bits per heavy atom. The number of hydrogen-bond acceptors (Lipinski definition) is 5. The van der Waals surface area contributed by atoms with Gasteiger partial charge in [0, 0.05) is 6.54 Å². The molecule has 1 heterocycles. The number of H-pyrrole nitrogens is 1. The lowest BCUT2D eigenvalue weighted by Crippen LogP contribution is -2.42. The number of halogens is 3. The van der Waals surface area contributed by atoms with Crippen molar-refractivity contribution in [3.8, 4) is 0 Å². The van der Waals surface area contributed by atoms with Crippen LogP contribution in [0.3, 0.4) is 0 Å². The van der Waals surface area contributed by atoms with E-state index in [1.165, 1.54) is 0 Å². The van der Waals surface area contributed by atoms with Gasteiger partial charge in [-0.1, -0.05) is 37.0 Å². The molecule has 0 aliphatic carbocycles. The molecule has 3 amide bonds. The lowest BCUT2D eigenvalue weighted by Gasteiger charge is -2.08. The Hall–Kier alpha value is -1.77. The third-order valence-electron chi connectivity index (χ3n) is 2.58. The molecule has 5 N–H and O–H groups in total. The van der Waals surface area contributed by atoms with Gasteiger partial charge in [-0.2, -0.15) is 4.98 Å². The van der Waals surface area contributed by atoms with Gasteiger partial charge in [-0.15, -0.1) is 0 Å². The lowest BCUT2D eigenvalue weighted by molar-refractivity contribution is -0.380. The van der Waals surface area contributed by atoms with Gasteiger partial charge in [0.25, 0.3) is 11.1 Å². The van der Waals surface area contributed by atoms with Crippen molar-refractivity contribution < 1.29 is 24.1 Å². The number of pyridine rings is 1. The van der Waals surface area contributed by atoms with Gasteiger partial charge in [-0.25, -0.2) is 9.59 Å². The number of carbonyl (C=O) groups is 3. The number of hydrogen-bond donors (Lipinski definition) is 3. The second-order valence-corrected chi connectivity index (χ2v) is 6.22. The molecule has 0 aliphatic heterocycles. The van der Waals surface area contributed by atoms with Crippen molar-refractivity contribution in [2.24, 2.45) is 5.92 Å². The minimum Gasteiger partial charge on any atom is -0.448 e. The Labute approximate surface area is 153 Å². The number of rotatable bonds is 5. The smallest absolute Gasteiger partial charge is 0.405 e. The van der Waals surface area contributed by atoms with Crippen LogP contribution >= 0.6 is 34.8 Å². The zero-order chi connectivity index (χ0) is 18.4. The van der Waals surface area contributed by atoms with Gasteiger partial charge < -0.3 is 15.8 Å². The lowest BCUT2D eigenvalue weighted by atomic mass is 10.2. The molecule has 8 nitrogen and oxygen atoms in total. The standard InChI is InChI=1S/C13H15Cl3N4O4/c1-5(2)3-18-13(23)19-6(21)4-24-12(22)10-7(14)9(17)8(15)11(16)20-10/h5H,3-4H2,1-2H3,(H2,17,20)(H2,18,19,21,23)/p+1. The van der Waals surface area contributed by atoms with Gasteiger partial charge in [0.15, 0.2) is 6.61 Å². The molecule has 0 bridgehead atoms. The van der Waals surface area contributed by atoms with Crippen molar-refractivity contribution in [1.82, 2.24) is 10.6 Å². The maximum absolute atomic E-state index is 11.9. The molecule has 0 saturated heterocycles. The van der Waals surface area contributed by atoms with Crippen LogP contribution in [-0.2, 0) is 9.53 Å². The third kappa shape index (κ3) is 5.70. The maximum Gasteiger partial charge on any atom is 0.405 e. The molecule has 132 valence electrons. The quantitative estimate of drug-likeness (QED) is 0.514. The minimum atomic E-state index is -0.983. The molecule has 11 heteroatoms. The number of aromatic amines is 1. The summed E-state index contributed by atoms with van der Waals surface area (Å²) in [6.45, 7) is 3.49. The molecule has 0 fully saturated rings. The zero-order valence-corrected chi connectivity index (χ0v) is 15.1. The van der Waals surface area contributed by atoms with Crippen LogP contribution in [-0.4, -0.2) is 31.1 Å². The fourth-order valence-corrected chi connectivity index (χ4v) is 2.02. The van der Waals surface area contributed by atoms with Gasteiger partial charge >= 0.3 is 17.7 Å². The van der Waals surface area contributed by atoms with Crippen molar-refractivity contribution in [3.63, 3.8) is 0 Å². The number of aromatic nitrogens is 1. The molecule has 0 spiro atoms. The Morgan fingerprint density at radius 1 is 1.21 bits per heavy atom. The Kier molecular flexibility index (Phi) is 7.53. The molecular formula is C13H16Cl3N4O4+. The topological polar surface area (TPSA) is 125 Å². The summed E-state index contributed by atoms with van der Waals surface area (Å²) in [5, 5.41) is 4.14. The Balaban J connectivity index is 2.61. The third-order valence-corrected chi connectivity index (χ3v) is 3.75. The first-order valence-corrected chi connectivity index (χ1v) is 7.86. The Bertz CT molecular complexity index is 667. The predicted octanol–water partition coefficient (Wildman–Crippen LogP) is 1.68. The SMILES string of the molecule is CC(C)CNC(=O)NC(=O)COC(=O)c1[nH+]c(Cl)c(Cl)c(N)c1Cl. The molecule has 0 aliphatic rings. The second kappa shape index (κ2) is 8.91. The maximum atomic E-state index is 11.9. The Morgan fingerprint density at radius 2 is 1.83 bits per heavy atom. The van der Waals surface area contributed by atoms with E-state index in [0.29, 0.717) is 6.54 Å². The van der Waals surface area contributed by atoms with E-state index in [0.717, 1.165) is 0 Å². The van der Waals surface area contributed by atoms with Gasteiger partial charge in [-0.05, 0) is 17.5 Å². The number of nitrogen functional groups attached to an aromatic ring is 1. The minimum absolute atomic E-state index is 0.0437. The van der Waals surface area contributed by atoms with Gasteiger partial charge in [-0.3, -0.25) is 10.1 Å². The van der Waals surface area contributed by atoms with Crippen molar-refractivity contribution in [3.05, 3.63) is 20.9 Å². The highest BCUT2D eigenvalue weighted by atomic mass is 35.5. The predicted molar refractivity (Wildman–Crippen MR) is 89.1 cm³/mol. The summed E-state index contributed by atoms with van der Waals surface area (Å²) >= 11 is 17.4. The van der Waals surface area contributed by atoms with E-state index in [-0.39, 0.29) is 32.5 Å². The van der Waals surface area contributed by atoms with Crippen LogP contribution in [0.5, 0.6) is 0 Å². The molecule has 0 atom stereocenters. The summed E-state index contributed by atoms with van der Waals surface area (Å²) < 4.78 is 4.74. The van der Waals surface area contributed by atoms with Crippen LogP contribution in [0.15, 0.2) is 0 Å². The fraction of sp³-hybridized carbons (Fsp3) is 0.385. The second-order valence-electron chi connectivity index (χ2n) is 5.08. The van der Waals surface area contributed by atoms with E-state index in [2.05, 4.69) is 10.3 Å². The highest BCUT2D eigenvalue weighted by Gasteiger charge is 2.27. The fourth-order valence-electron chi connectivity index (χ4n) is 1.42. The van der Waals surface area contributed by atoms with E-state index in [4.69, 9.17) is 45.3 Å². The number of carbonyl (C=O) groups excluding carboxylic acids is 3. The van der Waals surface area contributed by atoms with Gasteiger partial charge in [0.05, 0.1) is 5.69 Å². The van der Waals surface area contributed by atoms with Crippen molar-refractivity contribution in [1.29, 1.82) is 0 Å². The van der Waals surface area contributed by atoms with E-state index in [1.807, 2.05) is 19.2 Å². The van der Waals surface area contributed by atoms with Crippen LogP contribution < -0.4 is 21.4 Å². The number of amides is 3. The van der Waals surface area contributed by atoms with Crippen LogP contribution in [0.4, 0.5) is 10.5 Å². The first-order valence-electron chi connectivity index (χ1n) is 6.73. The normalized spacial score (nSPS) is 10.4. The molecule has 1 aromatic heterocycles. The van der Waals surface area contributed by atoms with Crippen LogP contribution in [0.2, 0.25) is 15.2 Å². The molecule has 0 radical (unpaired) electrons. The number of esters is 1. The van der Waals surface area contributed by atoms with E-state index in [9.17, 15) is 14.4 Å². The number of nitrogens with two attached hydrogens (primary N) is 1. The van der Waals surface area contributed by atoms with Crippen molar-refractivity contribution in [2.75, 3.05) is 18.9 Å². The van der Waals surface area contributed by atoms with Crippen LogP contribution in [0.1, 0.15) is 24.3 Å². The summed E-state index contributed by atoms with van der Waals surface area (Å²) in [6, 6.07) is -0.687. The van der Waals surface area contributed by atoms with Crippen LogP contribution in [0.25, 0.3) is 0 Å². The van der Waals surface area contributed by atoms with Crippen LogP contribution in [0, 0.1) is 5.92 Å². The summed E-state index contributed by atoms with van der Waals surface area (Å²) in [6.07, 6.45) is 0. The van der Waals surface area contributed by atoms with Gasteiger partial charge in [0.1, 0.15) is 10.0 Å². The molecule has 24 heavy (non-hydrogen) atoms. The number of imide groups is 1. The zero-order valence-electron chi connectivity index (χ0n) is 12.8. The van der Waals surface area contributed by atoms with Crippen molar-refractivity contribution >= 4 is 58.4 Å². The summed E-state index contributed by atoms with van der Waals surface area (Å²) in [5.41, 5.74) is 5.22. The highest BCUT2D eigenvalue weighted by Crippen LogP contribution is 2.32. The molecule has 0 aromatic carbocycles. The number of ether oxygens (including phenoxy) is 1. The average Bonchev–Trinajstić information content (AvgIpc) is 2.52. The molecule has 1 aromatic rings. The number of urea groups is 1. The monoisotopic (exact) mass is 397 g/mol. The highest BCUT2D eigenvalue weighted by molar-refractivity contribution is 6.45. The van der Waals surface area contributed by atoms with E-state index < -0.39 is 24.5 Å². The van der Waals surface area contributed by atoms with E-state index in [1.54, 1.807) is 0 Å². The molecule has 1 rings (SSSR count). The van der Waals surface area contributed by atoms with Gasteiger partial charge in [0.2, 0.25) is 0 Å². The summed E-state index contributed by atoms with van der Waals surface area (Å²) in [7, 11) is 0. The first-order chi connectivity index (χ1) is 11.1. The molecule has 0 unspecified atom stereocenters. The van der Waals surface area contributed by atoms with Crippen molar-refractivity contribution in [2.45, 2.75) is 13.8 Å². The van der Waals surface area contributed by atoms with E-state index >= 15 is 0 Å². The average molecular weight is 399 g/mol. The molecule has 0 saturated carbocycles. The summed E-state index contributed by atoms with van der Waals surface area (Å²) in [4.78, 5) is 37.3. The molecular weight excluding hydrogens is 383 g/mol. The largest absolute Gasteiger partial charge is 0.448 e.